The Hall–Kier alpha value is -2.69. The first kappa shape index (κ1) is 19.1. The van der Waals surface area contributed by atoms with Crippen molar-refractivity contribution in [1.29, 1.82) is 0 Å². The lowest BCUT2D eigenvalue weighted by molar-refractivity contribution is -0.123. The van der Waals surface area contributed by atoms with Gasteiger partial charge in [-0.1, -0.05) is 6.07 Å². The lowest BCUT2D eigenvalue weighted by Crippen LogP contribution is -2.39. The van der Waals surface area contributed by atoms with Crippen molar-refractivity contribution in [3.8, 4) is 17.2 Å². The van der Waals surface area contributed by atoms with Crippen molar-refractivity contribution in [3.05, 3.63) is 53.6 Å². The van der Waals surface area contributed by atoms with E-state index in [0.29, 0.717) is 6.61 Å². The number of aryl methyl sites for hydroxylation is 2. The number of rotatable bonds is 8. The summed E-state index contributed by atoms with van der Waals surface area (Å²) in [6, 6.07) is 13.4. The molecule has 0 spiro atoms. The second-order valence-corrected chi connectivity index (χ2v) is 6.88. The molecule has 0 aliphatic heterocycles. The van der Waals surface area contributed by atoms with Crippen LogP contribution in [0.25, 0.3) is 0 Å². The van der Waals surface area contributed by atoms with E-state index in [1.54, 1.807) is 7.11 Å². The van der Waals surface area contributed by atoms with Gasteiger partial charge in [0.15, 0.2) is 6.61 Å². The maximum absolute atomic E-state index is 12.1. The van der Waals surface area contributed by atoms with Crippen LogP contribution in [0.4, 0.5) is 0 Å². The molecule has 0 saturated heterocycles. The average Bonchev–Trinajstić information content (AvgIpc) is 2.71. The summed E-state index contributed by atoms with van der Waals surface area (Å²) in [6.07, 6.45) is 4.72. The second-order valence-electron chi connectivity index (χ2n) is 6.88. The first-order valence-electron chi connectivity index (χ1n) is 9.45. The van der Waals surface area contributed by atoms with E-state index in [-0.39, 0.29) is 18.6 Å². The van der Waals surface area contributed by atoms with E-state index in [1.807, 2.05) is 37.3 Å². The second kappa shape index (κ2) is 9.31. The average molecular weight is 369 g/mol. The highest BCUT2D eigenvalue weighted by atomic mass is 16.5. The summed E-state index contributed by atoms with van der Waals surface area (Å²) < 4.78 is 16.5. The fraction of sp³-hybridized carbons (Fsp3) is 0.409. The van der Waals surface area contributed by atoms with Crippen LogP contribution in [0.15, 0.2) is 42.5 Å². The molecule has 5 heteroatoms. The normalized spacial score (nSPS) is 14.0. The molecule has 1 aliphatic carbocycles. The molecule has 2 aromatic carbocycles. The SMILES string of the molecule is COc1ccc(OCC(C)NC(=O)COc2ccc3c(c2)CCCC3)cc1. The number of hydrogen-bond acceptors (Lipinski definition) is 4. The Kier molecular flexibility index (Phi) is 6.58. The standard InChI is InChI=1S/C22H27NO4/c1-16(14-26-20-11-9-19(25-2)10-12-20)23-22(24)15-27-21-8-7-17-5-3-4-6-18(17)13-21/h7-13,16H,3-6,14-15H2,1-2H3,(H,23,24). The van der Waals surface area contributed by atoms with E-state index < -0.39 is 0 Å². The minimum absolute atomic E-state index is 0.00562. The molecule has 0 heterocycles. The van der Waals surface area contributed by atoms with Gasteiger partial charge in [0.25, 0.3) is 5.91 Å². The van der Waals surface area contributed by atoms with Gasteiger partial charge in [-0.25, -0.2) is 0 Å². The summed E-state index contributed by atoms with van der Waals surface area (Å²) >= 11 is 0. The molecule has 0 aromatic heterocycles. The molecule has 0 bridgehead atoms. The Balaban J connectivity index is 1.40. The van der Waals surface area contributed by atoms with E-state index in [4.69, 9.17) is 14.2 Å². The number of carbonyl (C=O) groups is 1. The number of fused-ring (bicyclic) bond motifs is 1. The Morgan fingerprint density at radius 1 is 0.963 bits per heavy atom. The summed E-state index contributed by atoms with van der Waals surface area (Å²) in [4.78, 5) is 12.1. The molecule has 1 aliphatic rings. The number of methoxy groups -OCH3 is 1. The third-order valence-electron chi connectivity index (χ3n) is 4.66. The molecule has 0 fully saturated rings. The van der Waals surface area contributed by atoms with E-state index in [9.17, 15) is 4.79 Å². The van der Waals surface area contributed by atoms with Crippen LogP contribution in [0, 0.1) is 0 Å². The summed E-state index contributed by atoms with van der Waals surface area (Å²) in [6.45, 7) is 2.29. The van der Waals surface area contributed by atoms with Gasteiger partial charge in [-0.2, -0.15) is 0 Å². The van der Waals surface area contributed by atoms with Crippen molar-refractivity contribution in [3.63, 3.8) is 0 Å². The summed E-state index contributed by atoms with van der Waals surface area (Å²) in [7, 11) is 1.62. The molecule has 1 N–H and O–H groups in total. The van der Waals surface area contributed by atoms with Gasteiger partial charge in [-0.05, 0) is 80.1 Å². The van der Waals surface area contributed by atoms with Crippen molar-refractivity contribution in [2.45, 2.75) is 38.6 Å². The van der Waals surface area contributed by atoms with Crippen molar-refractivity contribution < 1.29 is 19.0 Å². The summed E-state index contributed by atoms with van der Waals surface area (Å²) in [5.41, 5.74) is 2.75. The minimum Gasteiger partial charge on any atom is -0.497 e. The minimum atomic E-state index is -0.154. The molecule has 5 nitrogen and oxygen atoms in total. The van der Waals surface area contributed by atoms with Gasteiger partial charge in [-0.3, -0.25) is 4.79 Å². The van der Waals surface area contributed by atoms with E-state index >= 15 is 0 Å². The molecule has 0 radical (unpaired) electrons. The number of ether oxygens (including phenoxy) is 3. The maximum atomic E-state index is 12.1. The van der Waals surface area contributed by atoms with E-state index in [2.05, 4.69) is 17.4 Å². The molecule has 144 valence electrons. The van der Waals surface area contributed by atoms with Gasteiger partial charge in [0.1, 0.15) is 23.9 Å². The number of benzene rings is 2. The third kappa shape index (κ3) is 5.64. The zero-order valence-corrected chi connectivity index (χ0v) is 16.0. The van der Waals surface area contributed by atoms with Gasteiger partial charge in [0, 0.05) is 0 Å². The highest BCUT2D eigenvalue weighted by Gasteiger charge is 2.12. The fourth-order valence-corrected chi connectivity index (χ4v) is 3.20. The molecule has 1 atom stereocenters. The largest absolute Gasteiger partial charge is 0.497 e. The highest BCUT2D eigenvalue weighted by Crippen LogP contribution is 2.25. The fourth-order valence-electron chi connectivity index (χ4n) is 3.20. The number of carbonyl (C=O) groups excluding carboxylic acids is 1. The third-order valence-corrected chi connectivity index (χ3v) is 4.66. The molecular formula is C22H27NO4. The van der Waals surface area contributed by atoms with Crippen LogP contribution in [0.2, 0.25) is 0 Å². The molecule has 1 unspecified atom stereocenters. The number of nitrogens with one attached hydrogen (secondary N) is 1. The van der Waals surface area contributed by atoms with Crippen molar-refractivity contribution in [1.82, 2.24) is 5.32 Å². The first-order chi connectivity index (χ1) is 13.1. The quantitative estimate of drug-likeness (QED) is 0.773. The van der Waals surface area contributed by atoms with Crippen LogP contribution in [0.1, 0.15) is 30.9 Å². The van der Waals surface area contributed by atoms with Crippen molar-refractivity contribution >= 4 is 5.91 Å². The van der Waals surface area contributed by atoms with E-state index in [0.717, 1.165) is 30.1 Å². The van der Waals surface area contributed by atoms with Crippen molar-refractivity contribution in [2.24, 2.45) is 0 Å². The molecule has 3 rings (SSSR count). The Morgan fingerprint density at radius 3 is 2.37 bits per heavy atom. The zero-order chi connectivity index (χ0) is 19.1. The van der Waals surface area contributed by atoms with Crippen LogP contribution in [-0.2, 0) is 17.6 Å². The number of amides is 1. The predicted octanol–water partition coefficient (Wildman–Crippen LogP) is 3.54. The lowest BCUT2D eigenvalue weighted by atomic mass is 9.92. The van der Waals surface area contributed by atoms with Crippen LogP contribution >= 0.6 is 0 Å². The monoisotopic (exact) mass is 369 g/mol. The molecule has 2 aromatic rings. The Labute approximate surface area is 160 Å². The Morgan fingerprint density at radius 2 is 1.63 bits per heavy atom. The van der Waals surface area contributed by atoms with Crippen LogP contribution in [0.5, 0.6) is 17.2 Å². The van der Waals surface area contributed by atoms with Gasteiger partial charge in [0.05, 0.1) is 13.2 Å². The summed E-state index contributed by atoms with van der Waals surface area (Å²) in [5.74, 6) is 2.12. The molecule has 27 heavy (non-hydrogen) atoms. The Bertz CT molecular complexity index is 757. The van der Waals surface area contributed by atoms with Crippen LogP contribution in [0.3, 0.4) is 0 Å². The van der Waals surface area contributed by atoms with Gasteiger partial charge < -0.3 is 19.5 Å². The van der Waals surface area contributed by atoms with E-state index in [1.165, 1.54) is 24.0 Å². The molecule has 1 amide bonds. The molecular weight excluding hydrogens is 342 g/mol. The van der Waals surface area contributed by atoms with Gasteiger partial charge in [0.2, 0.25) is 0 Å². The van der Waals surface area contributed by atoms with Crippen molar-refractivity contribution in [2.75, 3.05) is 20.3 Å². The zero-order valence-electron chi connectivity index (χ0n) is 16.0. The highest BCUT2D eigenvalue weighted by molar-refractivity contribution is 5.77. The summed E-state index contributed by atoms with van der Waals surface area (Å²) in [5, 5.41) is 2.89. The lowest BCUT2D eigenvalue weighted by Gasteiger charge is -2.18. The smallest absolute Gasteiger partial charge is 0.258 e. The van der Waals surface area contributed by atoms with Crippen LogP contribution in [-0.4, -0.2) is 32.3 Å². The molecule has 0 saturated carbocycles. The maximum Gasteiger partial charge on any atom is 0.258 e. The van der Waals surface area contributed by atoms with Gasteiger partial charge >= 0.3 is 0 Å². The predicted molar refractivity (Wildman–Crippen MR) is 105 cm³/mol. The number of hydrogen-bond donors (Lipinski definition) is 1. The van der Waals surface area contributed by atoms with Crippen LogP contribution < -0.4 is 19.5 Å². The van der Waals surface area contributed by atoms with Gasteiger partial charge in [-0.15, -0.1) is 0 Å². The first-order valence-corrected chi connectivity index (χ1v) is 9.45. The topological polar surface area (TPSA) is 56.8 Å².